The van der Waals surface area contributed by atoms with Crippen molar-refractivity contribution in [2.45, 2.75) is 40.2 Å². The molecule has 0 amide bonds. The Bertz CT molecular complexity index is 629. The van der Waals surface area contributed by atoms with Gasteiger partial charge < -0.3 is 15.0 Å². The second-order valence-corrected chi connectivity index (χ2v) is 4.89. The van der Waals surface area contributed by atoms with Gasteiger partial charge in [-0.05, 0) is 39.2 Å². The number of carbonyl (C=O) groups excluding carboxylic acids is 1. The Morgan fingerprint density at radius 2 is 2.24 bits per heavy atom. The Labute approximate surface area is 123 Å². The zero-order chi connectivity index (χ0) is 15.4. The monoisotopic (exact) mass is 291 g/mol. The van der Waals surface area contributed by atoms with Crippen LogP contribution in [0.15, 0.2) is 6.20 Å². The minimum atomic E-state index is -0.470. The number of nitrogens with zero attached hydrogens (tertiary/aromatic N) is 3. The SMILES string of the molecule is CCOC(=O)c1nc(C)n(CCCc2cn[nH]c2C)c1N. The van der Waals surface area contributed by atoms with Crippen LogP contribution in [0.25, 0.3) is 0 Å². The van der Waals surface area contributed by atoms with Crippen molar-refractivity contribution in [3.8, 4) is 0 Å². The van der Waals surface area contributed by atoms with Crippen LogP contribution in [0.3, 0.4) is 0 Å². The number of nitrogens with two attached hydrogens (primary N) is 1. The molecule has 21 heavy (non-hydrogen) atoms. The van der Waals surface area contributed by atoms with Crippen LogP contribution in [0.5, 0.6) is 0 Å². The first kappa shape index (κ1) is 15.1. The average Bonchev–Trinajstić information content (AvgIpc) is 2.97. The number of imidazole rings is 1. The van der Waals surface area contributed by atoms with Crippen LogP contribution in [0.4, 0.5) is 5.82 Å². The van der Waals surface area contributed by atoms with Crippen LogP contribution in [-0.4, -0.2) is 32.3 Å². The predicted octanol–water partition coefficient (Wildman–Crippen LogP) is 1.61. The highest BCUT2D eigenvalue weighted by atomic mass is 16.5. The van der Waals surface area contributed by atoms with Crippen LogP contribution >= 0.6 is 0 Å². The lowest BCUT2D eigenvalue weighted by Crippen LogP contribution is -2.10. The van der Waals surface area contributed by atoms with Gasteiger partial charge in [-0.25, -0.2) is 9.78 Å². The molecule has 0 atom stereocenters. The summed E-state index contributed by atoms with van der Waals surface area (Å²) in [6.07, 6.45) is 3.63. The molecule has 2 aromatic heterocycles. The molecule has 0 aliphatic rings. The molecule has 7 heteroatoms. The van der Waals surface area contributed by atoms with Gasteiger partial charge >= 0.3 is 5.97 Å². The summed E-state index contributed by atoms with van der Waals surface area (Å²) in [4.78, 5) is 16.0. The second-order valence-electron chi connectivity index (χ2n) is 4.89. The van der Waals surface area contributed by atoms with Gasteiger partial charge in [-0.2, -0.15) is 5.10 Å². The zero-order valence-corrected chi connectivity index (χ0v) is 12.6. The van der Waals surface area contributed by atoms with Gasteiger partial charge in [0.1, 0.15) is 11.6 Å². The van der Waals surface area contributed by atoms with E-state index in [9.17, 15) is 4.79 Å². The maximum absolute atomic E-state index is 11.7. The summed E-state index contributed by atoms with van der Waals surface area (Å²) in [6, 6.07) is 0. The van der Waals surface area contributed by atoms with E-state index in [0.29, 0.717) is 19.0 Å². The Kier molecular flexibility index (Phi) is 4.62. The number of nitrogens with one attached hydrogen (secondary N) is 1. The number of hydrogen-bond acceptors (Lipinski definition) is 5. The molecule has 0 fully saturated rings. The molecule has 0 aliphatic heterocycles. The number of ether oxygens (including phenoxy) is 1. The fourth-order valence-corrected chi connectivity index (χ4v) is 2.27. The Morgan fingerprint density at radius 3 is 2.86 bits per heavy atom. The number of esters is 1. The highest BCUT2D eigenvalue weighted by Crippen LogP contribution is 2.17. The molecule has 0 bridgehead atoms. The maximum atomic E-state index is 11.7. The minimum Gasteiger partial charge on any atom is -0.461 e. The highest BCUT2D eigenvalue weighted by molar-refractivity contribution is 5.92. The van der Waals surface area contributed by atoms with Crippen LogP contribution in [0.2, 0.25) is 0 Å². The van der Waals surface area contributed by atoms with Crippen LogP contribution in [0, 0.1) is 13.8 Å². The van der Waals surface area contributed by atoms with E-state index in [4.69, 9.17) is 10.5 Å². The third kappa shape index (κ3) is 3.24. The van der Waals surface area contributed by atoms with Crippen molar-refractivity contribution in [2.75, 3.05) is 12.3 Å². The molecule has 0 spiro atoms. The quantitative estimate of drug-likeness (QED) is 0.788. The van der Waals surface area contributed by atoms with Crippen molar-refractivity contribution >= 4 is 11.8 Å². The molecule has 0 aliphatic carbocycles. The van der Waals surface area contributed by atoms with Crippen molar-refractivity contribution in [3.63, 3.8) is 0 Å². The molecular weight excluding hydrogens is 270 g/mol. The maximum Gasteiger partial charge on any atom is 0.360 e. The summed E-state index contributed by atoms with van der Waals surface area (Å²) >= 11 is 0. The van der Waals surface area contributed by atoms with Crippen molar-refractivity contribution < 1.29 is 9.53 Å². The number of rotatable bonds is 6. The fourth-order valence-electron chi connectivity index (χ4n) is 2.27. The van der Waals surface area contributed by atoms with E-state index in [-0.39, 0.29) is 5.69 Å². The van der Waals surface area contributed by atoms with E-state index in [2.05, 4.69) is 15.2 Å². The molecule has 114 valence electrons. The largest absolute Gasteiger partial charge is 0.461 e. The van der Waals surface area contributed by atoms with Gasteiger partial charge in [0.05, 0.1) is 12.8 Å². The molecule has 0 unspecified atom stereocenters. The lowest BCUT2D eigenvalue weighted by atomic mass is 10.1. The lowest BCUT2D eigenvalue weighted by molar-refractivity contribution is 0.0521. The standard InChI is InChI=1S/C14H21N5O2/c1-4-21-14(20)12-13(15)19(10(3)17-12)7-5-6-11-8-16-18-9(11)2/h8H,4-7,15H2,1-3H3,(H,16,18). The summed E-state index contributed by atoms with van der Waals surface area (Å²) in [5.74, 6) is 0.622. The molecule has 0 saturated heterocycles. The molecule has 2 heterocycles. The first-order valence-electron chi connectivity index (χ1n) is 7.03. The lowest BCUT2D eigenvalue weighted by Gasteiger charge is -2.07. The van der Waals surface area contributed by atoms with Gasteiger partial charge in [-0.3, -0.25) is 5.10 Å². The van der Waals surface area contributed by atoms with E-state index in [0.717, 1.165) is 24.4 Å². The van der Waals surface area contributed by atoms with Gasteiger partial charge in [-0.1, -0.05) is 0 Å². The summed E-state index contributed by atoms with van der Waals surface area (Å²) in [7, 11) is 0. The molecule has 2 rings (SSSR count). The third-order valence-electron chi connectivity index (χ3n) is 3.43. The Balaban J connectivity index is 2.03. The van der Waals surface area contributed by atoms with Gasteiger partial charge in [0, 0.05) is 12.2 Å². The predicted molar refractivity (Wildman–Crippen MR) is 79.0 cm³/mol. The molecule has 0 radical (unpaired) electrons. The van der Waals surface area contributed by atoms with Crippen molar-refractivity contribution in [1.82, 2.24) is 19.7 Å². The van der Waals surface area contributed by atoms with Crippen LogP contribution in [-0.2, 0) is 17.7 Å². The molecule has 3 N–H and O–H groups in total. The van der Waals surface area contributed by atoms with Crippen molar-refractivity contribution in [2.24, 2.45) is 0 Å². The topological polar surface area (TPSA) is 98.8 Å². The summed E-state index contributed by atoms with van der Waals surface area (Å²) in [6.45, 7) is 6.60. The number of nitrogen functional groups attached to an aromatic ring is 1. The second kappa shape index (κ2) is 6.43. The summed E-state index contributed by atoms with van der Waals surface area (Å²) < 4.78 is 6.80. The molecule has 2 aromatic rings. The van der Waals surface area contributed by atoms with Crippen LogP contribution < -0.4 is 5.73 Å². The molecule has 0 saturated carbocycles. The number of anilines is 1. The summed E-state index contributed by atoms with van der Waals surface area (Å²) in [5.41, 5.74) is 8.48. The van der Waals surface area contributed by atoms with Crippen molar-refractivity contribution in [3.05, 3.63) is 29.0 Å². The number of aromatic amines is 1. The first-order chi connectivity index (χ1) is 10.0. The Morgan fingerprint density at radius 1 is 1.48 bits per heavy atom. The Hall–Kier alpha value is -2.31. The van der Waals surface area contributed by atoms with E-state index >= 15 is 0 Å². The molecule has 0 aromatic carbocycles. The van der Waals surface area contributed by atoms with E-state index in [1.54, 1.807) is 6.92 Å². The van der Waals surface area contributed by atoms with E-state index in [1.165, 1.54) is 5.56 Å². The van der Waals surface area contributed by atoms with Crippen LogP contribution in [0.1, 0.15) is 40.9 Å². The van der Waals surface area contributed by atoms with E-state index in [1.807, 2.05) is 24.6 Å². The molecule has 7 nitrogen and oxygen atoms in total. The number of carbonyl (C=O) groups is 1. The van der Waals surface area contributed by atoms with Gasteiger partial charge in [-0.15, -0.1) is 0 Å². The molecular formula is C14H21N5O2. The van der Waals surface area contributed by atoms with Gasteiger partial charge in [0.2, 0.25) is 0 Å². The smallest absolute Gasteiger partial charge is 0.360 e. The number of aromatic nitrogens is 4. The van der Waals surface area contributed by atoms with E-state index < -0.39 is 5.97 Å². The van der Waals surface area contributed by atoms with Gasteiger partial charge in [0.15, 0.2) is 5.69 Å². The van der Waals surface area contributed by atoms with Gasteiger partial charge in [0.25, 0.3) is 0 Å². The normalized spacial score (nSPS) is 10.8. The fraction of sp³-hybridized carbons (Fsp3) is 0.500. The van der Waals surface area contributed by atoms with Crippen molar-refractivity contribution in [1.29, 1.82) is 0 Å². The highest BCUT2D eigenvalue weighted by Gasteiger charge is 2.19. The number of aryl methyl sites for hydroxylation is 3. The number of H-pyrrole nitrogens is 1. The summed E-state index contributed by atoms with van der Waals surface area (Å²) in [5, 5.41) is 6.92. The minimum absolute atomic E-state index is 0.203. The number of hydrogen-bond donors (Lipinski definition) is 2. The third-order valence-corrected chi connectivity index (χ3v) is 3.43. The zero-order valence-electron chi connectivity index (χ0n) is 12.6. The first-order valence-corrected chi connectivity index (χ1v) is 7.03. The average molecular weight is 291 g/mol.